The fourth-order valence-electron chi connectivity index (χ4n) is 4.44. The molecule has 1 fully saturated rings. The molecule has 1 aromatic carbocycles. The number of aromatic nitrogens is 3. The van der Waals surface area contributed by atoms with E-state index in [1.165, 1.54) is 22.9 Å². The molecule has 0 spiro atoms. The van der Waals surface area contributed by atoms with Crippen molar-refractivity contribution in [3.8, 4) is 11.4 Å². The molecule has 0 bridgehead atoms. The minimum atomic E-state index is -4.34. The van der Waals surface area contributed by atoms with Gasteiger partial charge in [0.1, 0.15) is 5.82 Å². The first-order valence-electron chi connectivity index (χ1n) is 11.2. The highest BCUT2D eigenvalue weighted by molar-refractivity contribution is 5.56. The van der Waals surface area contributed by atoms with Crippen molar-refractivity contribution in [1.82, 2.24) is 19.9 Å². The number of piperidine rings is 1. The number of aryl methyl sites for hydroxylation is 1. The van der Waals surface area contributed by atoms with Crippen LogP contribution >= 0.6 is 0 Å². The maximum Gasteiger partial charge on any atom is 0.416 e. The lowest BCUT2D eigenvalue weighted by atomic mass is 9.90. The molecule has 0 atom stereocenters. The molecule has 0 saturated carbocycles. The second-order valence-corrected chi connectivity index (χ2v) is 8.61. The summed E-state index contributed by atoms with van der Waals surface area (Å²) in [6.07, 6.45) is 6.06. The normalized spacial score (nSPS) is 16.8. The summed E-state index contributed by atoms with van der Waals surface area (Å²) in [5, 5.41) is 2.14. The molecule has 2 aromatic heterocycles. The zero-order valence-electron chi connectivity index (χ0n) is 19.0. The Labute approximate surface area is 191 Å². The number of nitrogens with one attached hydrogen (secondary N) is 2. The molecule has 0 unspecified atom stereocenters. The van der Waals surface area contributed by atoms with Crippen molar-refractivity contribution >= 4 is 12.7 Å². The van der Waals surface area contributed by atoms with Gasteiger partial charge in [-0.1, -0.05) is 36.9 Å². The molecule has 2 N–H and O–H groups in total. The van der Waals surface area contributed by atoms with Crippen LogP contribution in [0.3, 0.4) is 0 Å². The fraction of sp³-hybridized carbons (Fsp3) is 0.346. The van der Waals surface area contributed by atoms with E-state index >= 15 is 0 Å². The van der Waals surface area contributed by atoms with Gasteiger partial charge in [-0.2, -0.15) is 13.2 Å². The number of H-pyrrole nitrogens is 2. The smallest absolute Gasteiger partial charge is 0.361 e. The van der Waals surface area contributed by atoms with Crippen molar-refractivity contribution in [2.45, 2.75) is 45.3 Å². The van der Waals surface area contributed by atoms with Gasteiger partial charge in [-0.15, -0.1) is 0 Å². The molecule has 4 nitrogen and oxygen atoms in total. The molecule has 1 saturated heterocycles. The molecule has 33 heavy (non-hydrogen) atoms. The Kier molecular flexibility index (Phi) is 6.61. The Hall–Kier alpha value is -3.06. The van der Waals surface area contributed by atoms with Crippen LogP contribution in [0.1, 0.15) is 48.2 Å². The van der Waals surface area contributed by atoms with Crippen molar-refractivity contribution < 1.29 is 13.2 Å². The molecular weight excluding hydrogens is 425 g/mol. The third kappa shape index (κ3) is 5.14. The highest BCUT2D eigenvalue weighted by atomic mass is 19.4. The highest BCUT2D eigenvalue weighted by Crippen LogP contribution is 2.31. The van der Waals surface area contributed by atoms with E-state index in [2.05, 4.69) is 33.7 Å². The van der Waals surface area contributed by atoms with E-state index in [4.69, 9.17) is 4.98 Å². The summed E-state index contributed by atoms with van der Waals surface area (Å²) < 4.78 is 38.5. The average molecular weight is 455 g/mol. The maximum atomic E-state index is 12.8. The molecule has 3 aromatic rings. The van der Waals surface area contributed by atoms with Gasteiger partial charge in [0.15, 0.2) is 0 Å². The second kappa shape index (κ2) is 9.43. The Bertz CT molecular complexity index is 1220. The lowest BCUT2D eigenvalue weighted by Gasteiger charge is -2.31. The third-order valence-corrected chi connectivity index (χ3v) is 6.37. The number of hydrogen-bond donors (Lipinski definition) is 2. The minimum absolute atomic E-state index is 0.493. The number of nitrogens with zero attached hydrogens (tertiary/aromatic N) is 2. The molecule has 0 radical (unpaired) electrons. The standard InChI is InChI=1S/C26H29F3N4/c1-4-5-6-22-17(2)30-15-23(22)19-11-13-33(14-12-19)16-24-18(3)31-25(32-24)20-7-9-21(10-8-20)26(27,28)29/h4-10,15,19,30H,2,11-14,16H2,1,3H3,(H,31,32)/b5-4-,22-6+. The monoisotopic (exact) mass is 454 g/mol. The predicted octanol–water partition coefficient (Wildman–Crippen LogP) is 4.88. The van der Waals surface area contributed by atoms with Crippen LogP contribution in [0, 0.1) is 6.92 Å². The number of benzene rings is 1. The van der Waals surface area contributed by atoms with Crippen LogP contribution in [0.25, 0.3) is 24.0 Å². The summed E-state index contributed by atoms with van der Waals surface area (Å²) in [5.41, 5.74) is 3.21. The van der Waals surface area contributed by atoms with E-state index < -0.39 is 11.7 Å². The topological polar surface area (TPSA) is 47.7 Å². The Morgan fingerprint density at radius 1 is 1.18 bits per heavy atom. The van der Waals surface area contributed by atoms with Gasteiger partial charge in [0.25, 0.3) is 0 Å². The summed E-state index contributed by atoms with van der Waals surface area (Å²) in [6.45, 7) is 10.7. The first kappa shape index (κ1) is 23.1. The van der Waals surface area contributed by atoms with Crippen LogP contribution in [0.4, 0.5) is 13.2 Å². The minimum Gasteiger partial charge on any atom is -0.361 e. The molecule has 1 aliphatic heterocycles. The summed E-state index contributed by atoms with van der Waals surface area (Å²) in [6, 6.07) is 5.12. The molecule has 0 amide bonds. The fourth-order valence-corrected chi connectivity index (χ4v) is 4.44. The largest absolute Gasteiger partial charge is 0.416 e. The van der Waals surface area contributed by atoms with Crippen LogP contribution in [0.15, 0.2) is 42.6 Å². The van der Waals surface area contributed by atoms with Crippen LogP contribution in [0.2, 0.25) is 0 Å². The quantitative estimate of drug-likeness (QED) is 0.577. The van der Waals surface area contributed by atoms with E-state index in [1.54, 1.807) is 0 Å². The third-order valence-electron chi connectivity index (χ3n) is 6.37. The summed E-state index contributed by atoms with van der Waals surface area (Å²) in [7, 11) is 0. The maximum absolute atomic E-state index is 12.8. The highest BCUT2D eigenvalue weighted by Gasteiger charge is 2.30. The van der Waals surface area contributed by atoms with E-state index in [9.17, 15) is 13.2 Å². The van der Waals surface area contributed by atoms with Crippen molar-refractivity contribution in [1.29, 1.82) is 0 Å². The van der Waals surface area contributed by atoms with Crippen molar-refractivity contribution in [3.05, 3.63) is 75.7 Å². The van der Waals surface area contributed by atoms with E-state index in [-0.39, 0.29) is 0 Å². The van der Waals surface area contributed by atoms with Crippen molar-refractivity contribution in [2.24, 2.45) is 0 Å². The molecule has 0 aliphatic carbocycles. The van der Waals surface area contributed by atoms with Gasteiger partial charge >= 0.3 is 6.18 Å². The lowest BCUT2D eigenvalue weighted by molar-refractivity contribution is -0.137. The molecule has 7 heteroatoms. The van der Waals surface area contributed by atoms with Gasteiger partial charge in [0.2, 0.25) is 0 Å². The van der Waals surface area contributed by atoms with E-state index in [0.29, 0.717) is 17.3 Å². The number of rotatable bonds is 5. The Morgan fingerprint density at radius 2 is 1.88 bits per heavy atom. The number of allylic oxidation sites excluding steroid dienone is 2. The Morgan fingerprint density at radius 3 is 2.52 bits per heavy atom. The first-order valence-corrected chi connectivity index (χ1v) is 11.2. The summed E-state index contributed by atoms with van der Waals surface area (Å²) in [5.74, 6) is 1.10. The van der Waals surface area contributed by atoms with E-state index in [1.807, 2.05) is 26.0 Å². The van der Waals surface area contributed by atoms with Gasteiger partial charge in [0, 0.05) is 34.6 Å². The number of hydrogen-bond acceptors (Lipinski definition) is 2. The molecule has 1 aliphatic rings. The first-order chi connectivity index (χ1) is 15.8. The van der Waals surface area contributed by atoms with Crippen LogP contribution < -0.4 is 10.6 Å². The average Bonchev–Trinajstić information content (AvgIpc) is 3.34. The van der Waals surface area contributed by atoms with Crippen LogP contribution in [0.5, 0.6) is 0 Å². The zero-order chi connectivity index (χ0) is 23.6. The number of likely N-dealkylation sites (tertiary alicyclic amines) is 1. The van der Waals surface area contributed by atoms with Gasteiger partial charge in [-0.25, -0.2) is 4.98 Å². The number of imidazole rings is 1. The molecule has 174 valence electrons. The van der Waals surface area contributed by atoms with Gasteiger partial charge in [-0.3, -0.25) is 4.90 Å². The number of halogens is 3. The van der Waals surface area contributed by atoms with E-state index in [0.717, 1.165) is 61.3 Å². The predicted molar refractivity (Wildman–Crippen MR) is 126 cm³/mol. The Balaban J connectivity index is 1.42. The van der Waals surface area contributed by atoms with Crippen molar-refractivity contribution in [3.63, 3.8) is 0 Å². The number of alkyl halides is 3. The van der Waals surface area contributed by atoms with Crippen LogP contribution in [-0.4, -0.2) is 32.9 Å². The van der Waals surface area contributed by atoms with Crippen LogP contribution in [-0.2, 0) is 12.7 Å². The molecular formula is C26H29F3N4. The van der Waals surface area contributed by atoms with Gasteiger partial charge < -0.3 is 9.97 Å². The van der Waals surface area contributed by atoms with Crippen molar-refractivity contribution in [2.75, 3.05) is 13.1 Å². The summed E-state index contributed by atoms with van der Waals surface area (Å²) in [4.78, 5) is 13.6. The lowest BCUT2D eigenvalue weighted by Crippen LogP contribution is -2.34. The molecule has 4 rings (SSSR count). The zero-order valence-corrected chi connectivity index (χ0v) is 19.0. The van der Waals surface area contributed by atoms with Gasteiger partial charge in [0.05, 0.1) is 11.3 Å². The molecule has 3 heterocycles. The SMILES string of the molecule is C=c1[nH]cc(C2CCN(Cc3nc(-c4ccc(C(F)(F)F)cc4)[nH]c3C)CC2)/c1=C/C=C\C. The van der Waals surface area contributed by atoms with Gasteiger partial charge in [-0.05, 0) is 63.4 Å². The second-order valence-electron chi connectivity index (χ2n) is 8.61. The number of aromatic amines is 2. The summed E-state index contributed by atoms with van der Waals surface area (Å²) >= 11 is 0.